The molecular formula is C21H27N3O3S. The van der Waals surface area contributed by atoms with E-state index in [-0.39, 0.29) is 12.0 Å². The molecule has 2 aromatic rings. The second-order valence-electron chi connectivity index (χ2n) is 7.43. The molecule has 7 heteroatoms. The number of benzene rings is 1. The smallest absolute Gasteiger partial charge is 0.257 e. The van der Waals surface area contributed by atoms with E-state index < -0.39 is 0 Å². The summed E-state index contributed by atoms with van der Waals surface area (Å²) in [4.78, 5) is 21.6. The first-order valence-electron chi connectivity index (χ1n) is 9.96. The van der Waals surface area contributed by atoms with Crippen LogP contribution in [-0.2, 0) is 6.54 Å². The van der Waals surface area contributed by atoms with Gasteiger partial charge in [0.25, 0.3) is 5.91 Å². The zero-order chi connectivity index (χ0) is 19.3. The van der Waals surface area contributed by atoms with Crippen molar-refractivity contribution in [1.29, 1.82) is 0 Å². The maximum absolute atomic E-state index is 12.9. The van der Waals surface area contributed by atoms with Crippen LogP contribution in [0.4, 0.5) is 0 Å². The molecule has 2 aliphatic heterocycles. The zero-order valence-corrected chi connectivity index (χ0v) is 17.1. The average molecular weight is 402 g/mol. The van der Waals surface area contributed by atoms with Gasteiger partial charge in [-0.2, -0.15) is 0 Å². The number of rotatable bonds is 6. The molecule has 2 fully saturated rings. The van der Waals surface area contributed by atoms with Crippen LogP contribution in [0.5, 0.6) is 11.5 Å². The second-order valence-corrected chi connectivity index (χ2v) is 8.15. The molecule has 150 valence electrons. The van der Waals surface area contributed by atoms with E-state index in [2.05, 4.69) is 15.3 Å². The van der Waals surface area contributed by atoms with Gasteiger partial charge in [0.2, 0.25) is 0 Å². The summed E-state index contributed by atoms with van der Waals surface area (Å²) in [6, 6.07) is 5.53. The Balaban J connectivity index is 1.41. The lowest BCUT2D eigenvalue weighted by Gasteiger charge is -2.32. The predicted octanol–water partition coefficient (Wildman–Crippen LogP) is 3.43. The van der Waals surface area contributed by atoms with E-state index in [9.17, 15) is 4.79 Å². The van der Waals surface area contributed by atoms with Crippen LogP contribution >= 0.6 is 11.3 Å². The van der Waals surface area contributed by atoms with Crippen molar-refractivity contribution in [1.82, 2.24) is 14.8 Å². The summed E-state index contributed by atoms with van der Waals surface area (Å²) in [5.74, 6) is 1.43. The van der Waals surface area contributed by atoms with E-state index in [4.69, 9.17) is 9.47 Å². The van der Waals surface area contributed by atoms with Crippen LogP contribution in [0.2, 0.25) is 0 Å². The SMILES string of the molecule is COc1ccc(C(=O)N2CCCC2)c(OC2CCN(Cc3cscn3)CC2)c1. The van der Waals surface area contributed by atoms with Gasteiger partial charge >= 0.3 is 0 Å². The fourth-order valence-electron chi connectivity index (χ4n) is 3.90. The highest BCUT2D eigenvalue weighted by molar-refractivity contribution is 7.07. The molecule has 4 rings (SSSR count). The number of likely N-dealkylation sites (tertiary alicyclic amines) is 2. The molecule has 3 heterocycles. The lowest BCUT2D eigenvalue weighted by Crippen LogP contribution is -2.38. The lowest BCUT2D eigenvalue weighted by molar-refractivity contribution is 0.0764. The summed E-state index contributed by atoms with van der Waals surface area (Å²) in [5, 5.41) is 2.11. The minimum atomic E-state index is 0.0659. The van der Waals surface area contributed by atoms with Gasteiger partial charge in [-0.3, -0.25) is 9.69 Å². The number of carbonyl (C=O) groups excluding carboxylic acids is 1. The molecule has 1 aromatic carbocycles. The van der Waals surface area contributed by atoms with Gasteiger partial charge in [-0.1, -0.05) is 0 Å². The molecule has 0 spiro atoms. The third-order valence-electron chi connectivity index (χ3n) is 5.51. The van der Waals surface area contributed by atoms with Crippen molar-refractivity contribution in [3.05, 3.63) is 40.3 Å². The molecule has 0 aliphatic carbocycles. The van der Waals surface area contributed by atoms with Crippen LogP contribution in [0, 0.1) is 0 Å². The first-order chi connectivity index (χ1) is 13.7. The minimum Gasteiger partial charge on any atom is -0.497 e. The minimum absolute atomic E-state index is 0.0659. The molecular weight excluding hydrogens is 374 g/mol. The molecule has 0 radical (unpaired) electrons. The molecule has 1 aromatic heterocycles. The molecule has 2 aliphatic rings. The third kappa shape index (κ3) is 4.47. The van der Waals surface area contributed by atoms with Crippen molar-refractivity contribution >= 4 is 17.2 Å². The van der Waals surface area contributed by atoms with Crippen molar-refractivity contribution in [2.75, 3.05) is 33.3 Å². The van der Waals surface area contributed by atoms with Crippen LogP contribution in [-0.4, -0.2) is 60.1 Å². The molecule has 0 N–H and O–H groups in total. The van der Waals surface area contributed by atoms with Gasteiger partial charge in [0.1, 0.15) is 17.6 Å². The largest absolute Gasteiger partial charge is 0.497 e. The summed E-state index contributed by atoms with van der Waals surface area (Å²) >= 11 is 1.64. The van der Waals surface area contributed by atoms with Gasteiger partial charge in [-0.05, 0) is 37.8 Å². The number of nitrogens with zero attached hydrogens (tertiary/aromatic N) is 3. The number of aromatic nitrogens is 1. The molecule has 0 saturated carbocycles. The first-order valence-corrected chi connectivity index (χ1v) is 10.9. The Morgan fingerprint density at radius 1 is 1.21 bits per heavy atom. The molecule has 1 amide bonds. The van der Waals surface area contributed by atoms with Gasteiger partial charge in [0, 0.05) is 44.2 Å². The summed E-state index contributed by atoms with van der Waals surface area (Å²) in [6.45, 7) is 4.51. The summed E-state index contributed by atoms with van der Waals surface area (Å²) in [7, 11) is 1.64. The van der Waals surface area contributed by atoms with Crippen LogP contribution < -0.4 is 9.47 Å². The lowest BCUT2D eigenvalue weighted by atomic mass is 10.1. The maximum Gasteiger partial charge on any atom is 0.257 e. The van der Waals surface area contributed by atoms with Crippen LogP contribution in [0.25, 0.3) is 0 Å². The van der Waals surface area contributed by atoms with E-state index >= 15 is 0 Å². The van der Waals surface area contributed by atoms with Gasteiger partial charge < -0.3 is 14.4 Å². The quantitative estimate of drug-likeness (QED) is 0.742. The Morgan fingerprint density at radius 3 is 2.68 bits per heavy atom. The molecule has 0 atom stereocenters. The molecule has 2 saturated heterocycles. The number of methoxy groups -OCH3 is 1. The van der Waals surface area contributed by atoms with E-state index in [1.807, 2.05) is 28.6 Å². The topological polar surface area (TPSA) is 54.9 Å². The van der Waals surface area contributed by atoms with Gasteiger partial charge in [-0.15, -0.1) is 11.3 Å². The molecule has 0 bridgehead atoms. The average Bonchev–Trinajstić information content (AvgIpc) is 3.43. The first kappa shape index (κ1) is 19.2. The third-order valence-corrected chi connectivity index (χ3v) is 6.15. The van der Waals surface area contributed by atoms with Crippen molar-refractivity contribution in [2.24, 2.45) is 0 Å². The molecule has 6 nitrogen and oxygen atoms in total. The monoisotopic (exact) mass is 401 g/mol. The Kier molecular flexibility index (Phi) is 6.12. The number of amides is 1. The number of hydrogen-bond donors (Lipinski definition) is 0. The Hall–Kier alpha value is -2.12. The number of carbonyl (C=O) groups is 1. The van der Waals surface area contributed by atoms with Crippen LogP contribution in [0.15, 0.2) is 29.1 Å². The Bertz CT molecular complexity index is 782. The van der Waals surface area contributed by atoms with Crippen LogP contribution in [0.3, 0.4) is 0 Å². The number of hydrogen-bond acceptors (Lipinski definition) is 6. The van der Waals surface area contributed by atoms with Crippen molar-refractivity contribution in [3.63, 3.8) is 0 Å². The van der Waals surface area contributed by atoms with Crippen molar-refractivity contribution in [2.45, 2.75) is 38.3 Å². The maximum atomic E-state index is 12.9. The molecule has 0 unspecified atom stereocenters. The standard InChI is InChI=1S/C21H27N3O3S/c1-26-18-4-5-19(21(25)24-8-2-3-9-24)20(12-18)27-17-6-10-23(11-7-17)13-16-14-28-15-22-16/h4-5,12,14-15,17H,2-3,6-11,13H2,1H3. The highest BCUT2D eigenvalue weighted by Crippen LogP contribution is 2.30. The highest BCUT2D eigenvalue weighted by atomic mass is 32.1. The van der Waals surface area contributed by atoms with Gasteiger partial charge in [0.05, 0.1) is 23.9 Å². The Labute approximate surface area is 170 Å². The zero-order valence-electron chi connectivity index (χ0n) is 16.3. The van der Waals surface area contributed by atoms with E-state index in [0.29, 0.717) is 17.1 Å². The summed E-state index contributed by atoms with van der Waals surface area (Å²) in [5.41, 5.74) is 3.66. The van der Waals surface area contributed by atoms with Crippen molar-refractivity contribution in [3.8, 4) is 11.5 Å². The fourth-order valence-corrected chi connectivity index (χ4v) is 4.45. The Morgan fingerprint density at radius 2 is 2.00 bits per heavy atom. The van der Waals surface area contributed by atoms with Crippen LogP contribution in [0.1, 0.15) is 41.7 Å². The van der Waals surface area contributed by atoms with E-state index in [0.717, 1.165) is 64.1 Å². The predicted molar refractivity (Wildman–Crippen MR) is 109 cm³/mol. The second kappa shape index (κ2) is 8.92. The molecule has 28 heavy (non-hydrogen) atoms. The summed E-state index contributed by atoms with van der Waals surface area (Å²) in [6.07, 6.45) is 4.16. The number of thiazole rings is 1. The van der Waals surface area contributed by atoms with E-state index in [1.54, 1.807) is 18.4 Å². The number of piperidine rings is 1. The van der Waals surface area contributed by atoms with E-state index in [1.165, 1.54) is 0 Å². The van der Waals surface area contributed by atoms with Gasteiger partial charge in [-0.25, -0.2) is 4.98 Å². The summed E-state index contributed by atoms with van der Waals surface area (Å²) < 4.78 is 11.7. The van der Waals surface area contributed by atoms with Crippen molar-refractivity contribution < 1.29 is 14.3 Å². The number of ether oxygens (including phenoxy) is 2. The van der Waals surface area contributed by atoms with Gasteiger partial charge in [0.15, 0.2) is 0 Å². The highest BCUT2D eigenvalue weighted by Gasteiger charge is 2.26. The normalized spacial score (nSPS) is 18.4. The fraction of sp³-hybridized carbons (Fsp3) is 0.524.